The number of hydrogen-bond acceptors (Lipinski definition) is 2. The van der Waals surface area contributed by atoms with Crippen molar-refractivity contribution in [3.8, 4) is 11.8 Å². The Labute approximate surface area is 82.4 Å². The number of phenols is 1. The van der Waals surface area contributed by atoms with Crippen LogP contribution in [0.2, 0.25) is 5.02 Å². The van der Waals surface area contributed by atoms with E-state index >= 15 is 0 Å². The normalized spacial score (nSPS) is 12.2. The lowest BCUT2D eigenvalue weighted by Gasteiger charge is -2.07. The van der Waals surface area contributed by atoms with Gasteiger partial charge in [-0.2, -0.15) is 5.26 Å². The van der Waals surface area contributed by atoms with Crippen molar-refractivity contribution in [2.75, 3.05) is 0 Å². The summed E-state index contributed by atoms with van der Waals surface area (Å²) in [7, 11) is 0. The Hall–Kier alpha value is -1.20. The summed E-state index contributed by atoms with van der Waals surface area (Å²) in [6.07, 6.45) is 0. The van der Waals surface area contributed by atoms with E-state index in [1.807, 2.05) is 0 Å². The summed E-state index contributed by atoms with van der Waals surface area (Å²) >= 11 is 5.76. The summed E-state index contributed by atoms with van der Waals surface area (Å²) in [6.45, 7) is 3.55. The summed E-state index contributed by atoms with van der Waals surface area (Å²) in [5.41, 5.74) is 1.53. The molecule has 1 unspecified atom stereocenters. The third kappa shape index (κ3) is 1.93. The van der Waals surface area contributed by atoms with E-state index in [4.69, 9.17) is 16.9 Å². The Morgan fingerprint density at radius 3 is 2.62 bits per heavy atom. The molecule has 0 aliphatic heterocycles. The first-order valence-electron chi connectivity index (χ1n) is 3.95. The molecule has 0 aliphatic rings. The van der Waals surface area contributed by atoms with Crippen LogP contribution in [0.4, 0.5) is 0 Å². The van der Waals surface area contributed by atoms with Crippen LogP contribution in [0.15, 0.2) is 12.1 Å². The monoisotopic (exact) mass is 195 g/mol. The molecule has 0 saturated carbocycles. The molecular formula is C10H10ClNO. The van der Waals surface area contributed by atoms with Crippen molar-refractivity contribution >= 4 is 11.6 Å². The Kier molecular flexibility index (Phi) is 2.79. The first kappa shape index (κ1) is 9.88. The third-order valence-corrected chi connectivity index (χ3v) is 2.26. The van der Waals surface area contributed by atoms with Crippen LogP contribution in [0.5, 0.6) is 5.75 Å². The standard InChI is InChI=1S/C10H10ClNO/c1-6-3-8(7(2)5-12)4-9(11)10(6)13/h3-4,7,13H,1-2H3. The molecule has 1 aromatic rings. The maximum absolute atomic E-state index is 9.37. The number of nitriles is 1. The molecule has 0 aromatic heterocycles. The Morgan fingerprint density at radius 2 is 2.15 bits per heavy atom. The second-order valence-electron chi connectivity index (χ2n) is 3.02. The van der Waals surface area contributed by atoms with Crippen LogP contribution in [-0.2, 0) is 0 Å². The molecule has 13 heavy (non-hydrogen) atoms. The number of aryl methyl sites for hydroxylation is 1. The van der Waals surface area contributed by atoms with Gasteiger partial charge in [0.2, 0.25) is 0 Å². The zero-order chi connectivity index (χ0) is 10.0. The molecule has 0 spiro atoms. The van der Waals surface area contributed by atoms with E-state index < -0.39 is 0 Å². The maximum Gasteiger partial charge on any atom is 0.137 e. The van der Waals surface area contributed by atoms with Crippen LogP contribution in [0.1, 0.15) is 24.0 Å². The van der Waals surface area contributed by atoms with Crippen molar-refractivity contribution in [1.82, 2.24) is 0 Å². The van der Waals surface area contributed by atoms with Gasteiger partial charge in [-0.3, -0.25) is 0 Å². The minimum Gasteiger partial charge on any atom is -0.506 e. The van der Waals surface area contributed by atoms with Crippen molar-refractivity contribution in [2.24, 2.45) is 0 Å². The second-order valence-corrected chi connectivity index (χ2v) is 3.43. The fraction of sp³-hybridized carbons (Fsp3) is 0.300. The topological polar surface area (TPSA) is 44.0 Å². The summed E-state index contributed by atoms with van der Waals surface area (Å²) in [5.74, 6) is -0.104. The van der Waals surface area contributed by atoms with Gasteiger partial charge in [0.1, 0.15) is 5.75 Å². The van der Waals surface area contributed by atoms with Gasteiger partial charge >= 0.3 is 0 Å². The molecule has 0 fully saturated rings. The van der Waals surface area contributed by atoms with Crippen LogP contribution in [0.3, 0.4) is 0 Å². The molecule has 1 rings (SSSR count). The Balaban J connectivity index is 3.22. The zero-order valence-electron chi connectivity index (χ0n) is 7.50. The van der Waals surface area contributed by atoms with Crippen molar-refractivity contribution in [3.05, 3.63) is 28.3 Å². The molecule has 0 amide bonds. The first-order chi connectivity index (χ1) is 6.06. The van der Waals surface area contributed by atoms with Crippen LogP contribution >= 0.6 is 11.6 Å². The van der Waals surface area contributed by atoms with Crippen molar-refractivity contribution in [1.29, 1.82) is 5.26 Å². The largest absolute Gasteiger partial charge is 0.506 e. The van der Waals surface area contributed by atoms with E-state index in [-0.39, 0.29) is 11.7 Å². The fourth-order valence-corrected chi connectivity index (χ4v) is 1.36. The van der Waals surface area contributed by atoms with Crippen molar-refractivity contribution in [3.63, 3.8) is 0 Å². The number of rotatable bonds is 1. The van der Waals surface area contributed by atoms with E-state index in [2.05, 4.69) is 6.07 Å². The molecule has 0 heterocycles. The minimum absolute atomic E-state index is 0.0931. The smallest absolute Gasteiger partial charge is 0.137 e. The SMILES string of the molecule is Cc1cc(C(C)C#N)cc(Cl)c1O. The van der Waals surface area contributed by atoms with Gasteiger partial charge in [0.15, 0.2) is 0 Å². The van der Waals surface area contributed by atoms with Crippen molar-refractivity contribution in [2.45, 2.75) is 19.8 Å². The summed E-state index contributed by atoms with van der Waals surface area (Å²) in [5, 5.41) is 18.4. The summed E-state index contributed by atoms with van der Waals surface area (Å²) < 4.78 is 0. The van der Waals surface area contributed by atoms with Gasteiger partial charge in [-0.15, -0.1) is 0 Å². The van der Waals surface area contributed by atoms with Crippen LogP contribution in [0.25, 0.3) is 0 Å². The average molecular weight is 196 g/mol. The number of halogens is 1. The first-order valence-corrected chi connectivity index (χ1v) is 4.32. The van der Waals surface area contributed by atoms with Gasteiger partial charge in [-0.05, 0) is 31.0 Å². The maximum atomic E-state index is 9.37. The zero-order valence-corrected chi connectivity index (χ0v) is 8.26. The highest BCUT2D eigenvalue weighted by Gasteiger charge is 2.09. The predicted octanol–water partition coefficient (Wildman–Crippen LogP) is 2.98. The quantitative estimate of drug-likeness (QED) is 0.749. The fourth-order valence-electron chi connectivity index (χ4n) is 1.09. The lowest BCUT2D eigenvalue weighted by molar-refractivity contribution is 0.471. The number of benzene rings is 1. The van der Waals surface area contributed by atoms with E-state index in [0.29, 0.717) is 10.6 Å². The van der Waals surface area contributed by atoms with Gasteiger partial charge in [0.05, 0.1) is 17.0 Å². The molecule has 68 valence electrons. The van der Waals surface area contributed by atoms with Crippen LogP contribution < -0.4 is 0 Å². The molecule has 0 bridgehead atoms. The molecule has 2 nitrogen and oxygen atoms in total. The highest BCUT2D eigenvalue weighted by molar-refractivity contribution is 6.32. The number of hydrogen-bond donors (Lipinski definition) is 1. The van der Waals surface area contributed by atoms with E-state index in [0.717, 1.165) is 5.56 Å². The predicted molar refractivity (Wildman–Crippen MR) is 51.9 cm³/mol. The van der Waals surface area contributed by atoms with Crippen LogP contribution in [-0.4, -0.2) is 5.11 Å². The molecule has 0 saturated heterocycles. The molecule has 1 N–H and O–H groups in total. The summed E-state index contributed by atoms with van der Waals surface area (Å²) in [6, 6.07) is 5.51. The molecular weight excluding hydrogens is 186 g/mol. The molecule has 1 aromatic carbocycles. The average Bonchev–Trinajstić information content (AvgIpc) is 2.12. The number of nitrogens with zero attached hydrogens (tertiary/aromatic N) is 1. The van der Waals surface area contributed by atoms with E-state index in [1.54, 1.807) is 26.0 Å². The van der Waals surface area contributed by atoms with Gasteiger partial charge in [0, 0.05) is 0 Å². The lowest BCUT2D eigenvalue weighted by Crippen LogP contribution is -1.90. The minimum atomic E-state index is -0.197. The molecule has 3 heteroatoms. The molecule has 0 radical (unpaired) electrons. The van der Waals surface area contributed by atoms with Crippen molar-refractivity contribution < 1.29 is 5.11 Å². The van der Waals surface area contributed by atoms with Gasteiger partial charge in [-0.1, -0.05) is 17.7 Å². The number of aromatic hydroxyl groups is 1. The Bertz CT molecular complexity index is 345. The van der Waals surface area contributed by atoms with Gasteiger partial charge in [0.25, 0.3) is 0 Å². The van der Waals surface area contributed by atoms with Gasteiger partial charge < -0.3 is 5.11 Å². The summed E-state index contributed by atoms with van der Waals surface area (Å²) in [4.78, 5) is 0. The highest BCUT2D eigenvalue weighted by Crippen LogP contribution is 2.30. The van der Waals surface area contributed by atoms with Crippen LogP contribution in [0, 0.1) is 18.3 Å². The number of phenolic OH excluding ortho intramolecular Hbond substituents is 1. The Morgan fingerprint density at radius 1 is 1.54 bits per heavy atom. The molecule has 0 aliphatic carbocycles. The third-order valence-electron chi connectivity index (χ3n) is 1.97. The lowest BCUT2D eigenvalue weighted by atomic mass is 10.0. The van der Waals surface area contributed by atoms with E-state index in [1.165, 1.54) is 0 Å². The highest BCUT2D eigenvalue weighted by atomic mass is 35.5. The molecule has 1 atom stereocenters. The van der Waals surface area contributed by atoms with E-state index in [9.17, 15) is 5.11 Å². The second kappa shape index (κ2) is 3.68. The van der Waals surface area contributed by atoms with Gasteiger partial charge in [-0.25, -0.2) is 0 Å².